The second kappa shape index (κ2) is 9.18. The zero-order valence-corrected chi connectivity index (χ0v) is 17.9. The van der Waals surface area contributed by atoms with Crippen LogP contribution in [0.4, 0.5) is 4.39 Å². The van der Waals surface area contributed by atoms with Gasteiger partial charge in [-0.2, -0.15) is 0 Å². The number of likely N-dealkylation sites (tertiary alicyclic amines) is 1. The number of ketones is 1. The molecule has 31 heavy (non-hydrogen) atoms. The first kappa shape index (κ1) is 22.3. The van der Waals surface area contributed by atoms with Gasteiger partial charge in [0.25, 0.3) is 11.7 Å². The summed E-state index contributed by atoms with van der Waals surface area (Å²) in [5.41, 5.74) is 0.514. The van der Waals surface area contributed by atoms with Gasteiger partial charge in [0.15, 0.2) is 0 Å². The van der Waals surface area contributed by atoms with Gasteiger partial charge in [0.05, 0.1) is 31.4 Å². The van der Waals surface area contributed by atoms with Gasteiger partial charge in [-0.3, -0.25) is 9.59 Å². The quantitative estimate of drug-likeness (QED) is 0.415. The van der Waals surface area contributed by atoms with E-state index in [9.17, 15) is 19.1 Å². The van der Waals surface area contributed by atoms with Crippen LogP contribution in [0.15, 0.2) is 48.0 Å². The normalized spacial score (nSPS) is 18.0. The zero-order valence-electron chi connectivity index (χ0n) is 17.9. The Morgan fingerprint density at radius 2 is 1.87 bits per heavy atom. The second-order valence-corrected chi connectivity index (χ2v) is 7.42. The average Bonchev–Trinajstić information content (AvgIpc) is 3.01. The molecule has 1 amide bonds. The molecule has 0 unspecified atom stereocenters. The Balaban J connectivity index is 2.20. The monoisotopic (exact) mass is 428 g/mol. The molecule has 0 aliphatic carbocycles. The van der Waals surface area contributed by atoms with Gasteiger partial charge in [-0.15, -0.1) is 0 Å². The maximum atomic E-state index is 14.0. The van der Waals surface area contributed by atoms with E-state index in [0.717, 1.165) is 0 Å². The molecule has 1 atom stereocenters. The van der Waals surface area contributed by atoms with Crippen molar-refractivity contribution >= 4 is 17.4 Å². The highest BCUT2D eigenvalue weighted by molar-refractivity contribution is 6.46. The fraction of sp³-hybridized carbons (Fsp3) is 0.304. The third-order valence-electron chi connectivity index (χ3n) is 5.16. The van der Waals surface area contributed by atoms with E-state index in [1.165, 1.54) is 37.3 Å². The van der Waals surface area contributed by atoms with Crippen LogP contribution < -0.4 is 9.47 Å². The minimum atomic E-state index is -0.928. The van der Waals surface area contributed by atoms with Gasteiger partial charge in [0.1, 0.15) is 23.1 Å². The molecule has 1 fully saturated rings. The fourth-order valence-corrected chi connectivity index (χ4v) is 3.58. The van der Waals surface area contributed by atoms with Gasteiger partial charge in [-0.25, -0.2) is 4.39 Å². The molecular formula is C23H25FN2O5. The van der Waals surface area contributed by atoms with E-state index in [1.54, 1.807) is 24.3 Å². The fourth-order valence-electron chi connectivity index (χ4n) is 3.58. The molecule has 0 aromatic heterocycles. The Morgan fingerprint density at radius 1 is 1.13 bits per heavy atom. The summed E-state index contributed by atoms with van der Waals surface area (Å²) in [5, 5.41) is 11.1. The standard InChI is InChI=1S/C23H25FN2O5/c1-25(2)10-11-26-20(14-6-5-7-15(24)12-14)19(22(28)23(26)29)21(27)17-9-8-16(30-3)13-18(17)31-4/h5-9,12-13,20,27H,10-11H2,1-4H3/t20-/m1/s1. The Labute approximate surface area is 180 Å². The van der Waals surface area contributed by atoms with Crippen LogP contribution in [0.1, 0.15) is 17.2 Å². The van der Waals surface area contributed by atoms with Crippen LogP contribution in [0, 0.1) is 5.82 Å². The number of halogens is 1. The number of aliphatic hydroxyl groups excluding tert-OH is 1. The highest BCUT2D eigenvalue weighted by Crippen LogP contribution is 2.41. The molecule has 164 valence electrons. The number of methoxy groups -OCH3 is 2. The summed E-state index contributed by atoms with van der Waals surface area (Å²) in [7, 11) is 6.60. The molecule has 1 heterocycles. The van der Waals surface area contributed by atoms with E-state index in [0.29, 0.717) is 17.9 Å². The lowest BCUT2D eigenvalue weighted by Crippen LogP contribution is -2.35. The number of amides is 1. The van der Waals surface area contributed by atoms with Gasteiger partial charge in [-0.05, 0) is 43.9 Å². The molecule has 2 aromatic rings. The minimum absolute atomic E-state index is 0.113. The van der Waals surface area contributed by atoms with Crippen molar-refractivity contribution in [1.82, 2.24) is 9.80 Å². The summed E-state index contributed by atoms with van der Waals surface area (Å²) in [4.78, 5) is 29.1. The number of hydrogen-bond donors (Lipinski definition) is 1. The van der Waals surface area contributed by atoms with Crippen molar-refractivity contribution in [2.75, 3.05) is 41.4 Å². The summed E-state index contributed by atoms with van der Waals surface area (Å²) < 4.78 is 24.5. The molecule has 0 radical (unpaired) electrons. The molecule has 7 nitrogen and oxygen atoms in total. The van der Waals surface area contributed by atoms with Crippen molar-refractivity contribution in [3.05, 3.63) is 65.0 Å². The Hall–Kier alpha value is -3.39. The van der Waals surface area contributed by atoms with Crippen LogP contribution in [0.3, 0.4) is 0 Å². The summed E-state index contributed by atoms with van der Waals surface area (Å²) >= 11 is 0. The number of aliphatic hydroxyl groups is 1. The number of hydrogen-bond acceptors (Lipinski definition) is 6. The number of likely N-dealkylation sites (N-methyl/N-ethyl adjacent to an activating group) is 1. The molecule has 1 N–H and O–H groups in total. The molecule has 0 saturated carbocycles. The van der Waals surface area contributed by atoms with Crippen molar-refractivity contribution in [1.29, 1.82) is 0 Å². The first-order valence-corrected chi connectivity index (χ1v) is 9.69. The van der Waals surface area contributed by atoms with E-state index < -0.39 is 23.5 Å². The van der Waals surface area contributed by atoms with Crippen LogP contribution in [0.2, 0.25) is 0 Å². The molecule has 2 aromatic carbocycles. The van der Waals surface area contributed by atoms with Crippen LogP contribution in [-0.2, 0) is 9.59 Å². The predicted octanol–water partition coefficient (Wildman–Crippen LogP) is 2.83. The lowest BCUT2D eigenvalue weighted by Gasteiger charge is -2.26. The van der Waals surface area contributed by atoms with E-state index >= 15 is 0 Å². The molecular weight excluding hydrogens is 403 g/mol. The van der Waals surface area contributed by atoms with Crippen LogP contribution >= 0.6 is 0 Å². The number of nitrogens with zero attached hydrogens (tertiary/aromatic N) is 2. The maximum Gasteiger partial charge on any atom is 0.295 e. The zero-order chi connectivity index (χ0) is 22.7. The van der Waals surface area contributed by atoms with E-state index in [4.69, 9.17) is 9.47 Å². The number of ether oxygens (including phenoxy) is 2. The van der Waals surface area contributed by atoms with E-state index in [1.807, 2.05) is 19.0 Å². The number of carbonyl (C=O) groups excluding carboxylic acids is 2. The lowest BCUT2D eigenvalue weighted by molar-refractivity contribution is -0.140. The second-order valence-electron chi connectivity index (χ2n) is 7.42. The summed E-state index contributed by atoms with van der Waals surface area (Å²) in [6.07, 6.45) is 0. The van der Waals surface area contributed by atoms with Crippen molar-refractivity contribution < 1.29 is 28.6 Å². The number of Topliss-reactive ketones (excluding diaryl/α,β-unsaturated/α-hetero) is 1. The maximum absolute atomic E-state index is 14.0. The predicted molar refractivity (Wildman–Crippen MR) is 114 cm³/mol. The largest absolute Gasteiger partial charge is 0.507 e. The first-order valence-electron chi connectivity index (χ1n) is 9.69. The summed E-state index contributed by atoms with van der Waals surface area (Å²) in [6, 6.07) is 9.46. The van der Waals surface area contributed by atoms with Crippen LogP contribution in [-0.4, -0.2) is 68.0 Å². The number of carbonyl (C=O) groups is 2. The third-order valence-corrected chi connectivity index (χ3v) is 5.16. The van der Waals surface area contributed by atoms with E-state index in [-0.39, 0.29) is 29.2 Å². The van der Waals surface area contributed by atoms with Gasteiger partial charge >= 0.3 is 0 Å². The highest BCUT2D eigenvalue weighted by atomic mass is 19.1. The molecule has 0 spiro atoms. The summed E-state index contributed by atoms with van der Waals surface area (Å²) in [5.74, 6) is -1.69. The molecule has 1 aliphatic heterocycles. The SMILES string of the molecule is COc1ccc(C(O)=C2C(=O)C(=O)N(CCN(C)C)[C@@H]2c2cccc(F)c2)c(OC)c1. The van der Waals surface area contributed by atoms with E-state index in [2.05, 4.69) is 0 Å². The smallest absolute Gasteiger partial charge is 0.295 e. The molecule has 1 aliphatic rings. The first-order chi connectivity index (χ1) is 14.8. The minimum Gasteiger partial charge on any atom is -0.507 e. The van der Waals surface area contributed by atoms with Crippen LogP contribution in [0.5, 0.6) is 11.5 Å². The number of benzene rings is 2. The van der Waals surface area contributed by atoms with Crippen molar-refractivity contribution in [2.24, 2.45) is 0 Å². The lowest BCUT2D eigenvalue weighted by atomic mass is 9.95. The Bertz CT molecular complexity index is 1030. The van der Waals surface area contributed by atoms with Gasteiger partial charge in [0, 0.05) is 19.2 Å². The third kappa shape index (κ3) is 4.39. The van der Waals surface area contributed by atoms with Crippen LogP contribution in [0.25, 0.3) is 5.76 Å². The topological polar surface area (TPSA) is 79.3 Å². The molecule has 3 rings (SSSR count). The van der Waals surface area contributed by atoms with Gasteiger partial charge < -0.3 is 24.4 Å². The van der Waals surface area contributed by atoms with Crippen molar-refractivity contribution in [3.63, 3.8) is 0 Å². The molecule has 8 heteroatoms. The molecule has 0 bridgehead atoms. The highest BCUT2D eigenvalue weighted by Gasteiger charge is 2.46. The van der Waals surface area contributed by atoms with Crippen molar-refractivity contribution in [3.8, 4) is 11.5 Å². The van der Waals surface area contributed by atoms with Crippen molar-refractivity contribution in [2.45, 2.75) is 6.04 Å². The Morgan fingerprint density at radius 3 is 2.48 bits per heavy atom. The number of rotatable bonds is 7. The summed E-state index contributed by atoms with van der Waals surface area (Å²) in [6.45, 7) is 0.722. The van der Waals surface area contributed by atoms with Gasteiger partial charge in [0.2, 0.25) is 0 Å². The molecule has 1 saturated heterocycles. The average molecular weight is 428 g/mol. The Kier molecular flexibility index (Phi) is 6.60. The van der Waals surface area contributed by atoms with Gasteiger partial charge in [-0.1, -0.05) is 12.1 Å².